The Morgan fingerprint density at radius 3 is 2.73 bits per heavy atom. The second-order valence-electron chi connectivity index (χ2n) is 2.94. The van der Waals surface area contributed by atoms with Gasteiger partial charge in [0.1, 0.15) is 12.4 Å². The summed E-state index contributed by atoms with van der Waals surface area (Å²) in [5.41, 5.74) is 0.167. The van der Waals surface area contributed by atoms with Gasteiger partial charge in [0, 0.05) is 0 Å². The number of aliphatic hydroxyl groups excluding tert-OH is 1. The molecule has 0 unspecified atom stereocenters. The van der Waals surface area contributed by atoms with E-state index < -0.39 is 4.92 Å². The second kappa shape index (κ2) is 4.61. The monoisotopic (exact) mass is 213 g/mol. The van der Waals surface area contributed by atoms with Crippen molar-refractivity contribution in [2.45, 2.75) is 6.92 Å². The van der Waals surface area contributed by atoms with Crippen LogP contribution in [0.15, 0.2) is 12.1 Å². The minimum absolute atomic E-state index is 0.0228. The second-order valence-corrected chi connectivity index (χ2v) is 2.94. The molecule has 0 saturated heterocycles. The number of phenolic OH excluding ortho intramolecular Hbond substituents is 1. The van der Waals surface area contributed by atoms with Gasteiger partial charge >= 0.3 is 5.69 Å². The van der Waals surface area contributed by atoms with E-state index in [-0.39, 0.29) is 30.4 Å². The number of hydrogen-bond donors (Lipinski definition) is 2. The van der Waals surface area contributed by atoms with E-state index in [0.717, 1.165) is 6.07 Å². The Morgan fingerprint density at radius 2 is 2.20 bits per heavy atom. The van der Waals surface area contributed by atoms with Gasteiger partial charge in [-0.3, -0.25) is 10.1 Å². The number of nitro groups is 1. The molecule has 6 heteroatoms. The average molecular weight is 213 g/mol. The highest BCUT2D eigenvalue weighted by atomic mass is 16.6. The normalized spacial score (nSPS) is 10.0. The predicted octanol–water partition coefficient (Wildman–Crippen LogP) is 0.980. The lowest BCUT2D eigenvalue weighted by atomic mass is 10.2. The zero-order valence-corrected chi connectivity index (χ0v) is 8.14. The van der Waals surface area contributed by atoms with Crippen LogP contribution in [0.1, 0.15) is 5.56 Å². The summed E-state index contributed by atoms with van der Waals surface area (Å²) in [6.07, 6.45) is 0. The van der Waals surface area contributed by atoms with Crippen LogP contribution in [0.5, 0.6) is 11.5 Å². The fourth-order valence-corrected chi connectivity index (χ4v) is 1.07. The number of rotatable bonds is 4. The van der Waals surface area contributed by atoms with Crippen molar-refractivity contribution in [2.24, 2.45) is 0 Å². The summed E-state index contributed by atoms with van der Waals surface area (Å²) >= 11 is 0. The van der Waals surface area contributed by atoms with Crippen LogP contribution in [0.3, 0.4) is 0 Å². The minimum atomic E-state index is -0.647. The summed E-state index contributed by atoms with van der Waals surface area (Å²) in [6.45, 7) is 1.35. The van der Waals surface area contributed by atoms with Crippen LogP contribution >= 0.6 is 0 Å². The molecule has 15 heavy (non-hydrogen) atoms. The molecule has 0 fully saturated rings. The van der Waals surface area contributed by atoms with Crippen LogP contribution in [0.25, 0.3) is 0 Å². The Morgan fingerprint density at radius 1 is 1.53 bits per heavy atom. The van der Waals surface area contributed by atoms with Crippen molar-refractivity contribution < 1.29 is 19.9 Å². The molecule has 0 aliphatic heterocycles. The molecule has 0 atom stereocenters. The van der Waals surface area contributed by atoms with Crippen molar-refractivity contribution in [3.8, 4) is 11.5 Å². The Kier molecular flexibility index (Phi) is 3.46. The van der Waals surface area contributed by atoms with Crippen molar-refractivity contribution in [1.82, 2.24) is 0 Å². The fraction of sp³-hybridized carbons (Fsp3) is 0.333. The molecule has 1 aromatic rings. The molecule has 1 rings (SSSR count). The molecule has 0 bridgehead atoms. The third kappa shape index (κ3) is 2.57. The van der Waals surface area contributed by atoms with E-state index in [1.54, 1.807) is 6.92 Å². The molecular weight excluding hydrogens is 202 g/mol. The largest absolute Gasteiger partial charge is 0.507 e. The number of ether oxygens (including phenoxy) is 1. The van der Waals surface area contributed by atoms with Gasteiger partial charge in [-0.1, -0.05) is 0 Å². The Balaban J connectivity index is 3.10. The van der Waals surface area contributed by atoms with E-state index in [0.29, 0.717) is 5.56 Å². The summed E-state index contributed by atoms with van der Waals surface area (Å²) in [7, 11) is 0. The highest BCUT2D eigenvalue weighted by Crippen LogP contribution is 2.33. The standard InChI is InChI=1S/C9H11NO5/c1-6-4-9(15-3-2-11)7(10(13)14)5-8(6)12/h4-5,11-12H,2-3H2,1H3. The van der Waals surface area contributed by atoms with Gasteiger partial charge in [-0.2, -0.15) is 0 Å². The molecule has 0 spiro atoms. The Hall–Kier alpha value is -1.82. The van der Waals surface area contributed by atoms with Crippen LogP contribution in [0, 0.1) is 17.0 Å². The van der Waals surface area contributed by atoms with Gasteiger partial charge in [0.15, 0.2) is 5.75 Å². The van der Waals surface area contributed by atoms with Gasteiger partial charge in [-0.05, 0) is 18.6 Å². The lowest BCUT2D eigenvalue weighted by Crippen LogP contribution is -2.04. The van der Waals surface area contributed by atoms with E-state index in [1.807, 2.05) is 0 Å². The Labute approximate surface area is 85.9 Å². The molecule has 1 aromatic carbocycles. The lowest BCUT2D eigenvalue weighted by molar-refractivity contribution is -0.386. The number of aliphatic hydroxyl groups is 1. The topological polar surface area (TPSA) is 92.8 Å². The predicted molar refractivity (Wildman–Crippen MR) is 52.1 cm³/mol. The van der Waals surface area contributed by atoms with Crippen LogP contribution in [0.2, 0.25) is 0 Å². The fourth-order valence-electron chi connectivity index (χ4n) is 1.07. The van der Waals surface area contributed by atoms with Gasteiger partial charge in [0.25, 0.3) is 0 Å². The molecule has 0 amide bonds. The first-order chi connectivity index (χ1) is 7.06. The van der Waals surface area contributed by atoms with Crippen LogP contribution in [-0.2, 0) is 0 Å². The molecule has 0 radical (unpaired) electrons. The number of phenols is 1. The molecule has 6 nitrogen and oxygen atoms in total. The molecule has 0 aromatic heterocycles. The van der Waals surface area contributed by atoms with Crippen molar-refractivity contribution in [2.75, 3.05) is 13.2 Å². The van der Waals surface area contributed by atoms with E-state index in [4.69, 9.17) is 9.84 Å². The summed E-state index contributed by atoms with van der Waals surface area (Å²) in [6, 6.07) is 2.39. The van der Waals surface area contributed by atoms with Crippen molar-refractivity contribution in [3.63, 3.8) is 0 Å². The maximum absolute atomic E-state index is 10.6. The summed E-state index contributed by atoms with van der Waals surface area (Å²) in [5.74, 6) is -0.109. The van der Waals surface area contributed by atoms with E-state index >= 15 is 0 Å². The first kappa shape index (κ1) is 11.3. The minimum Gasteiger partial charge on any atom is -0.507 e. The third-order valence-electron chi connectivity index (χ3n) is 1.82. The maximum Gasteiger partial charge on any atom is 0.314 e. The van der Waals surface area contributed by atoms with Crippen LogP contribution < -0.4 is 4.74 Å². The van der Waals surface area contributed by atoms with E-state index in [9.17, 15) is 15.2 Å². The SMILES string of the molecule is Cc1cc(OCCO)c([N+](=O)[O-])cc1O. The summed E-state index contributed by atoms with van der Waals surface area (Å²) in [4.78, 5) is 9.95. The Bertz CT molecular complexity index is 377. The smallest absolute Gasteiger partial charge is 0.314 e. The highest BCUT2D eigenvalue weighted by Gasteiger charge is 2.17. The van der Waals surface area contributed by atoms with E-state index in [1.165, 1.54) is 6.07 Å². The van der Waals surface area contributed by atoms with E-state index in [2.05, 4.69) is 0 Å². The number of aryl methyl sites for hydroxylation is 1. The molecule has 0 aliphatic carbocycles. The third-order valence-corrected chi connectivity index (χ3v) is 1.82. The maximum atomic E-state index is 10.6. The quantitative estimate of drug-likeness (QED) is 0.574. The number of aromatic hydroxyl groups is 1. The average Bonchev–Trinajstić information content (AvgIpc) is 2.19. The van der Waals surface area contributed by atoms with Crippen molar-refractivity contribution in [1.29, 1.82) is 0 Å². The molecule has 0 aliphatic rings. The first-order valence-electron chi connectivity index (χ1n) is 4.28. The number of benzene rings is 1. The number of nitro benzene ring substituents is 1. The lowest BCUT2D eigenvalue weighted by Gasteiger charge is -2.07. The molecule has 2 N–H and O–H groups in total. The zero-order valence-electron chi connectivity index (χ0n) is 8.14. The van der Waals surface area contributed by atoms with Gasteiger partial charge in [0.2, 0.25) is 0 Å². The first-order valence-corrected chi connectivity index (χ1v) is 4.28. The number of nitrogens with zero attached hydrogens (tertiary/aromatic N) is 1. The van der Waals surface area contributed by atoms with Gasteiger partial charge in [-0.25, -0.2) is 0 Å². The molecular formula is C9H11NO5. The molecule has 0 saturated carbocycles. The molecule has 0 heterocycles. The van der Waals surface area contributed by atoms with Crippen molar-refractivity contribution in [3.05, 3.63) is 27.8 Å². The highest BCUT2D eigenvalue weighted by molar-refractivity contribution is 5.54. The van der Waals surface area contributed by atoms with Gasteiger partial charge in [0.05, 0.1) is 17.6 Å². The van der Waals surface area contributed by atoms with Crippen molar-refractivity contribution >= 4 is 5.69 Å². The van der Waals surface area contributed by atoms with Gasteiger partial charge < -0.3 is 14.9 Å². The number of hydrogen-bond acceptors (Lipinski definition) is 5. The van der Waals surface area contributed by atoms with Crippen LogP contribution in [0.4, 0.5) is 5.69 Å². The molecule has 82 valence electrons. The summed E-state index contributed by atoms with van der Waals surface area (Å²) in [5, 5.41) is 28.4. The van der Waals surface area contributed by atoms with Crippen LogP contribution in [-0.4, -0.2) is 28.4 Å². The zero-order chi connectivity index (χ0) is 11.4. The van der Waals surface area contributed by atoms with Gasteiger partial charge in [-0.15, -0.1) is 0 Å². The summed E-state index contributed by atoms with van der Waals surface area (Å²) < 4.78 is 4.98.